The molecule has 2 atom stereocenters. The van der Waals surface area contributed by atoms with E-state index >= 15 is 0 Å². The van der Waals surface area contributed by atoms with E-state index in [4.69, 9.17) is 9.72 Å². The molecule has 1 aliphatic carbocycles. The molecule has 1 unspecified atom stereocenters. The third-order valence-electron chi connectivity index (χ3n) is 7.68. The van der Waals surface area contributed by atoms with Crippen LogP contribution in [0.5, 0.6) is 0 Å². The molecule has 4 heterocycles. The maximum absolute atomic E-state index is 14.8. The lowest BCUT2D eigenvalue weighted by Crippen LogP contribution is -2.34. The number of benzene rings is 1. The van der Waals surface area contributed by atoms with Crippen LogP contribution in [-0.4, -0.2) is 33.1 Å². The molecular formula is C26H24FN3O5. The number of carbonyl (C=O) groups excluding carboxylic acids is 2. The number of nitrogens with one attached hydrogen (secondary N) is 1. The summed E-state index contributed by atoms with van der Waals surface area (Å²) in [5.41, 5.74) is 5.52. The number of nitrogens with zero attached hydrogens (tertiary/aromatic N) is 2. The van der Waals surface area contributed by atoms with Crippen LogP contribution in [0.25, 0.3) is 22.3 Å². The number of fused-ring (bicyclic) bond motifs is 5. The summed E-state index contributed by atoms with van der Waals surface area (Å²) >= 11 is 0. The van der Waals surface area contributed by atoms with Gasteiger partial charge in [-0.05, 0) is 54.5 Å². The summed E-state index contributed by atoms with van der Waals surface area (Å²) in [4.78, 5) is 42.8. The molecule has 9 heteroatoms. The summed E-state index contributed by atoms with van der Waals surface area (Å²) in [5.74, 6) is -1.72. The van der Waals surface area contributed by atoms with Gasteiger partial charge in [-0.25, -0.2) is 9.37 Å². The van der Waals surface area contributed by atoms with E-state index < -0.39 is 24.5 Å². The highest BCUT2D eigenvalue weighted by Gasteiger charge is 2.37. The number of cyclic esters (lactones) is 1. The van der Waals surface area contributed by atoms with Crippen LogP contribution < -0.4 is 10.9 Å². The zero-order valence-corrected chi connectivity index (χ0v) is 19.4. The lowest BCUT2D eigenvalue weighted by molar-refractivity contribution is -0.148. The Bertz CT molecular complexity index is 1530. The van der Waals surface area contributed by atoms with E-state index in [2.05, 4.69) is 5.32 Å². The smallest absolute Gasteiger partial charge is 0.313 e. The van der Waals surface area contributed by atoms with Crippen molar-refractivity contribution in [1.29, 1.82) is 0 Å². The topological polar surface area (TPSA) is 111 Å². The van der Waals surface area contributed by atoms with E-state index in [1.54, 1.807) is 11.5 Å². The number of aromatic nitrogens is 2. The molecule has 0 bridgehead atoms. The van der Waals surface area contributed by atoms with Gasteiger partial charge in [0.1, 0.15) is 19.0 Å². The lowest BCUT2D eigenvalue weighted by Gasteiger charge is -2.29. The fraction of sp³-hybridized carbons (Fsp3) is 0.385. The molecule has 3 aromatic rings. The van der Waals surface area contributed by atoms with Crippen LogP contribution in [0.4, 0.5) is 4.39 Å². The Kier molecular flexibility index (Phi) is 4.83. The maximum atomic E-state index is 14.8. The van der Waals surface area contributed by atoms with Gasteiger partial charge in [0, 0.05) is 17.0 Å². The summed E-state index contributed by atoms with van der Waals surface area (Å²) in [6.07, 6.45) is 1.60. The predicted octanol–water partition coefficient (Wildman–Crippen LogP) is 2.52. The number of aliphatic hydroxyl groups is 1. The van der Waals surface area contributed by atoms with Gasteiger partial charge in [-0.15, -0.1) is 0 Å². The second-order valence-electron chi connectivity index (χ2n) is 9.45. The number of rotatable bonds is 3. The molecule has 0 spiro atoms. The molecule has 0 saturated carbocycles. The minimum Gasteiger partial charge on any atom is -0.460 e. The quantitative estimate of drug-likeness (QED) is 0.439. The van der Waals surface area contributed by atoms with Gasteiger partial charge in [0.05, 0.1) is 41.0 Å². The van der Waals surface area contributed by atoms with E-state index in [0.717, 1.165) is 22.1 Å². The molecule has 0 saturated heterocycles. The summed E-state index contributed by atoms with van der Waals surface area (Å²) < 4.78 is 21.7. The van der Waals surface area contributed by atoms with Crippen LogP contribution in [0.2, 0.25) is 0 Å². The van der Waals surface area contributed by atoms with Crippen LogP contribution in [0.15, 0.2) is 16.9 Å². The summed E-state index contributed by atoms with van der Waals surface area (Å²) in [5, 5.41) is 13.0. The van der Waals surface area contributed by atoms with Gasteiger partial charge in [0.15, 0.2) is 0 Å². The van der Waals surface area contributed by atoms with Gasteiger partial charge in [-0.1, -0.05) is 6.92 Å². The summed E-state index contributed by atoms with van der Waals surface area (Å²) in [7, 11) is 0. The van der Waals surface area contributed by atoms with Crippen molar-refractivity contribution in [2.45, 2.75) is 58.2 Å². The predicted molar refractivity (Wildman–Crippen MR) is 124 cm³/mol. The first-order valence-electron chi connectivity index (χ1n) is 11.8. The zero-order valence-electron chi connectivity index (χ0n) is 19.4. The minimum absolute atomic E-state index is 0.0634. The molecule has 3 aliphatic rings. The van der Waals surface area contributed by atoms with Crippen LogP contribution in [0, 0.1) is 12.7 Å². The maximum Gasteiger partial charge on any atom is 0.313 e. The normalized spacial score (nSPS) is 19.7. The standard InChI is InChI=1S/C26H24FN3O5/c1-3-12-14-6-20-24-15(8-30(20)25(33)16(14)10-35-26(12)34)23-18(28-21(32)9-31)5-4-13-11(2)17(27)7-19(29-24)22(13)23/h6-7,12,18,31H,3-5,8-10H2,1-2H3,(H,28,32)/t12-,18?/m1/s1. The van der Waals surface area contributed by atoms with Gasteiger partial charge in [0.25, 0.3) is 5.56 Å². The second kappa shape index (κ2) is 7.71. The number of carbonyl (C=O) groups is 2. The Balaban J connectivity index is 1.65. The van der Waals surface area contributed by atoms with E-state index in [0.29, 0.717) is 52.9 Å². The molecule has 1 amide bonds. The first-order valence-corrected chi connectivity index (χ1v) is 11.8. The Morgan fingerprint density at radius 3 is 2.83 bits per heavy atom. The van der Waals surface area contributed by atoms with E-state index in [1.807, 2.05) is 13.0 Å². The molecule has 35 heavy (non-hydrogen) atoms. The minimum atomic E-state index is -0.638. The van der Waals surface area contributed by atoms with E-state index in [-0.39, 0.29) is 30.5 Å². The van der Waals surface area contributed by atoms with Crippen molar-refractivity contribution in [3.63, 3.8) is 0 Å². The van der Waals surface area contributed by atoms with E-state index in [1.165, 1.54) is 6.07 Å². The first-order chi connectivity index (χ1) is 16.8. The average molecular weight is 477 g/mol. The van der Waals surface area contributed by atoms with Crippen molar-refractivity contribution in [3.05, 3.63) is 61.7 Å². The average Bonchev–Trinajstić information content (AvgIpc) is 3.21. The van der Waals surface area contributed by atoms with Gasteiger partial charge in [-0.3, -0.25) is 14.4 Å². The van der Waals surface area contributed by atoms with Gasteiger partial charge in [0.2, 0.25) is 5.91 Å². The number of aliphatic hydroxyl groups excluding tert-OH is 1. The highest BCUT2D eigenvalue weighted by Crippen LogP contribution is 2.45. The van der Waals surface area contributed by atoms with Crippen LogP contribution in [-0.2, 0) is 33.9 Å². The third kappa shape index (κ3) is 3.00. The van der Waals surface area contributed by atoms with Crippen molar-refractivity contribution in [2.24, 2.45) is 0 Å². The largest absolute Gasteiger partial charge is 0.460 e. The van der Waals surface area contributed by atoms with Crippen molar-refractivity contribution < 1.29 is 23.8 Å². The van der Waals surface area contributed by atoms with Crippen LogP contribution in [0.1, 0.15) is 65.1 Å². The SMILES string of the molecule is CC[C@H]1C(=O)OCc2c1cc1n(c2=O)Cc2c-1nc1cc(F)c(C)c3c1c2C(NC(=O)CO)CC3. The van der Waals surface area contributed by atoms with Crippen molar-refractivity contribution >= 4 is 22.8 Å². The monoisotopic (exact) mass is 477 g/mol. The second-order valence-corrected chi connectivity index (χ2v) is 9.45. The number of aryl methyl sites for hydroxylation is 1. The van der Waals surface area contributed by atoms with E-state index in [9.17, 15) is 23.9 Å². The molecule has 1 aromatic carbocycles. The fourth-order valence-corrected chi connectivity index (χ4v) is 5.96. The Labute approximate surface area is 199 Å². The van der Waals surface area contributed by atoms with Gasteiger partial charge < -0.3 is 19.7 Å². The number of esters is 1. The van der Waals surface area contributed by atoms with Crippen LogP contribution >= 0.6 is 0 Å². The first kappa shape index (κ1) is 21.9. The van der Waals surface area contributed by atoms with Crippen molar-refractivity contribution in [3.8, 4) is 11.4 Å². The van der Waals surface area contributed by atoms with Crippen LogP contribution in [0.3, 0.4) is 0 Å². The van der Waals surface area contributed by atoms with Crippen molar-refractivity contribution in [2.75, 3.05) is 6.61 Å². The molecule has 2 aliphatic heterocycles. The highest BCUT2D eigenvalue weighted by atomic mass is 19.1. The number of ether oxygens (including phenoxy) is 1. The number of pyridine rings is 2. The van der Waals surface area contributed by atoms with Crippen molar-refractivity contribution in [1.82, 2.24) is 14.9 Å². The molecule has 2 aromatic heterocycles. The third-order valence-corrected chi connectivity index (χ3v) is 7.68. The lowest BCUT2D eigenvalue weighted by atomic mass is 9.81. The number of hydrogen-bond donors (Lipinski definition) is 2. The zero-order chi connectivity index (χ0) is 24.6. The number of halogens is 1. The number of amides is 1. The number of hydrogen-bond acceptors (Lipinski definition) is 6. The molecule has 0 radical (unpaired) electrons. The Hall–Kier alpha value is -3.59. The molecule has 0 fully saturated rings. The fourth-order valence-electron chi connectivity index (χ4n) is 5.96. The summed E-state index contributed by atoms with van der Waals surface area (Å²) in [6, 6.07) is 2.84. The molecule has 2 N–H and O–H groups in total. The molecule has 180 valence electrons. The molecule has 6 rings (SSSR count). The highest BCUT2D eigenvalue weighted by molar-refractivity contribution is 5.93. The van der Waals surface area contributed by atoms with Gasteiger partial charge in [-0.2, -0.15) is 0 Å². The molecular weight excluding hydrogens is 453 g/mol. The summed E-state index contributed by atoms with van der Waals surface area (Å²) in [6.45, 7) is 3.16. The Morgan fingerprint density at radius 1 is 1.29 bits per heavy atom. The van der Waals surface area contributed by atoms with Gasteiger partial charge >= 0.3 is 5.97 Å². The molecule has 8 nitrogen and oxygen atoms in total. The Morgan fingerprint density at radius 2 is 2.09 bits per heavy atom.